The lowest BCUT2D eigenvalue weighted by Crippen LogP contribution is -2.30. The summed E-state index contributed by atoms with van der Waals surface area (Å²) < 4.78 is 11.4. The first kappa shape index (κ1) is 16.1. The molecule has 0 saturated carbocycles. The van der Waals surface area contributed by atoms with Gasteiger partial charge in [0, 0.05) is 17.7 Å². The number of hydrogen-bond acceptors (Lipinski definition) is 5. The Hall–Kier alpha value is -2.73. The van der Waals surface area contributed by atoms with Gasteiger partial charge in [-0.25, -0.2) is 4.99 Å². The molecule has 6 nitrogen and oxygen atoms in total. The Kier molecular flexibility index (Phi) is 4.57. The molecular formula is C18H18N2O4. The third kappa shape index (κ3) is 3.78. The number of nitrogens with zero attached hydrogens (tertiary/aromatic N) is 2. The van der Waals surface area contributed by atoms with Crippen molar-refractivity contribution in [3.8, 4) is 0 Å². The van der Waals surface area contributed by atoms with E-state index >= 15 is 0 Å². The van der Waals surface area contributed by atoms with Gasteiger partial charge in [-0.05, 0) is 24.6 Å². The van der Waals surface area contributed by atoms with Crippen molar-refractivity contribution < 1.29 is 14.4 Å². The van der Waals surface area contributed by atoms with Gasteiger partial charge in [0.05, 0.1) is 18.1 Å². The molecule has 1 aliphatic heterocycles. The third-order valence-corrected chi connectivity index (χ3v) is 3.74. The Labute approximate surface area is 139 Å². The third-order valence-electron chi connectivity index (χ3n) is 3.74. The van der Waals surface area contributed by atoms with E-state index in [0.717, 1.165) is 11.1 Å². The van der Waals surface area contributed by atoms with Crippen LogP contribution in [0.4, 0.5) is 5.69 Å². The molecule has 6 heteroatoms. The van der Waals surface area contributed by atoms with Gasteiger partial charge in [0.2, 0.25) is 5.90 Å². The Morgan fingerprint density at radius 2 is 1.92 bits per heavy atom. The van der Waals surface area contributed by atoms with Gasteiger partial charge in [0.1, 0.15) is 12.1 Å². The molecule has 0 bridgehead atoms. The van der Waals surface area contributed by atoms with Gasteiger partial charge in [-0.3, -0.25) is 10.1 Å². The van der Waals surface area contributed by atoms with E-state index in [9.17, 15) is 10.1 Å². The van der Waals surface area contributed by atoms with E-state index in [2.05, 4.69) is 4.99 Å². The summed E-state index contributed by atoms with van der Waals surface area (Å²) >= 11 is 0. The van der Waals surface area contributed by atoms with Crippen LogP contribution in [0.15, 0.2) is 59.6 Å². The van der Waals surface area contributed by atoms with E-state index in [1.54, 1.807) is 12.1 Å². The van der Waals surface area contributed by atoms with Crippen molar-refractivity contribution in [3.05, 3.63) is 75.8 Å². The Morgan fingerprint density at radius 3 is 2.58 bits per heavy atom. The number of nitro groups is 1. The zero-order chi connectivity index (χ0) is 17.0. The van der Waals surface area contributed by atoms with Gasteiger partial charge in [-0.15, -0.1) is 0 Å². The van der Waals surface area contributed by atoms with E-state index < -0.39 is 10.5 Å². The van der Waals surface area contributed by atoms with Crippen LogP contribution in [0.3, 0.4) is 0 Å². The number of rotatable bonds is 6. The van der Waals surface area contributed by atoms with Gasteiger partial charge in [0.25, 0.3) is 5.69 Å². The quantitative estimate of drug-likeness (QED) is 0.603. The van der Waals surface area contributed by atoms with Crippen molar-refractivity contribution >= 4 is 11.6 Å². The van der Waals surface area contributed by atoms with Gasteiger partial charge >= 0.3 is 0 Å². The summed E-state index contributed by atoms with van der Waals surface area (Å²) in [5.74, 6) is 0.496. The molecule has 0 aliphatic carbocycles. The first-order valence-corrected chi connectivity index (χ1v) is 7.65. The average molecular weight is 326 g/mol. The van der Waals surface area contributed by atoms with E-state index in [1.165, 1.54) is 12.1 Å². The summed E-state index contributed by atoms with van der Waals surface area (Å²) in [7, 11) is 0. The number of benzene rings is 2. The summed E-state index contributed by atoms with van der Waals surface area (Å²) in [6.07, 6.45) is 0. The van der Waals surface area contributed by atoms with Crippen molar-refractivity contribution in [2.45, 2.75) is 19.1 Å². The molecule has 1 aliphatic rings. The predicted octanol–water partition coefficient (Wildman–Crippen LogP) is 3.35. The van der Waals surface area contributed by atoms with E-state index in [-0.39, 0.29) is 5.69 Å². The molecule has 1 unspecified atom stereocenters. The lowest BCUT2D eigenvalue weighted by atomic mass is 10.1. The van der Waals surface area contributed by atoms with Crippen LogP contribution >= 0.6 is 0 Å². The fourth-order valence-corrected chi connectivity index (χ4v) is 2.44. The molecule has 24 heavy (non-hydrogen) atoms. The molecule has 0 spiro atoms. The minimum atomic E-state index is -0.452. The number of ether oxygens (including phenoxy) is 2. The Bertz CT molecular complexity index is 743. The molecule has 1 heterocycles. The maximum Gasteiger partial charge on any atom is 0.269 e. The summed E-state index contributed by atoms with van der Waals surface area (Å²) in [6, 6.07) is 16.1. The zero-order valence-corrected chi connectivity index (χ0v) is 13.3. The number of aliphatic imine (C=N–C) groups is 1. The zero-order valence-electron chi connectivity index (χ0n) is 13.3. The smallest absolute Gasteiger partial charge is 0.269 e. The summed E-state index contributed by atoms with van der Waals surface area (Å²) in [5, 5.41) is 10.7. The maximum atomic E-state index is 10.7. The van der Waals surface area contributed by atoms with Crippen LogP contribution in [0.25, 0.3) is 0 Å². The standard InChI is InChI=1S/C18H18N2O4/c1-18(12-23-11-14-5-3-2-4-6-14)13-24-17(19-18)15-7-9-16(10-8-15)20(21)22/h2-10H,11-13H2,1H3. The van der Waals surface area contributed by atoms with Crippen molar-refractivity contribution in [3.63, 3.8) is 0 Å². The van der Waals surface area contributed by atoms with Crippen LogP contribution < -0.4 is 0 Å². The Balaban J connectivity index is 1.62. The SMILES string of the molecule is CC1(COCc2ccccc2)COC(c2ccc([N+](=O)[O-])cc2)=N1. The molecule has 1 atom stereocenters. The molecule has 0 radical (unpaired) electrons. The highest BCUT2D eigenvalue weighted by molar-refractivity contribution is 5.95. The molecule has 0 N–H and O–H groups in total. The molecular weight excluding hydrogens is 308 g/mol. The highest BCUT2D eigenvalue weighted by Crippen LogP contribution is 2.23. The second kappa shape index (κ2) is 6.80. The fraction of sp³-hybridized carbons (Fsp3) is 0.278. The van der Waals surface area contributed by atoms with Gasteiger partial charge < -0.3 is 9.47 Å². The summed E-state index contributed by atoms with van der Waals surface area (Å²) in [5.41, 5.74) is 1.43. The number of nitro benzene ring substituents is 1. The maximum absolute atomic E-state index is 10.7. The summed E-state index contributed by atoms with van der Waals surface area (Å²) in [6.45, 7) is 3.36. The largest absolute Gasteiger partial charge is 0.475 e. The lowest BCUT2D eigenvalue weighted by molar-refractivity contribution is -0.384. The molecule has 0 saturated heterocycles. The molecule has 0 aromatic heterocycles. The van der Waals surface area contributed by atoms with Crippen molar-refractivity contribution in [1.82, 2.24) is 0 Å². The predicted molar refractivity (Wildman–Crippen MR) is 90.1 cm³/mol. The van der Waals surface area contributed by atoms with E-state index in [4.69, 9.17) is 9.47 Å². The minimum absolute atomic E-state index is 0.0475. The highest BCUT2D eigenvalue weighted by Gasteiger charge is 2.32. The summed E-state index contributed by atoms with van der Waals surface area (Å²) in [4.78, 5) is 14.9. The highest BCUT2D eigenvalue weighted by atomic mass is 16.6. The Morgan fingerprint density at radius 1 is 1.21 bits per heavy atom. The topological polar surface area (TPSA) is 74.0 Å². The van der Waals surface area contributed by atoms with Crippen LogP contribution in [0.5, 0.6) is 0 Å². The molecule has 124 valence electrons. The number of non-ortho nitro benzene ring substituents is 1. The lowest BCUT2D eigenvalue weighted by Gasteiger charge is -2.18. The van der Waals surface area contributed by atoms with Gasteiger partial charge in [0.15, 0.2) is 0 Å². The van der Waals surface area contributed by atoms with E-state index in [0.29, 0.717) is 25.7 Å². The van der Waals surface area contributed by atoms with Crippen LogP contribution in [-0.4, -0.2) is 29.6 Å². The second-order valence-corrected chi connectivity index (χ2v) is 5.98. The number of hydrogen-bond donors (Lipinski definition) is 0. The van der Waals surface area contributed by atoms with Crippen LogP contribution in [0.1, 0.15) is 18.1 Å². The minimum Gasteiger partial charge on any atom is -0.475 e. The van der Waals surface area contributed by atoms with Gasteiger partial charge in [-0.2, -0.15) is 0 Å². The average Bonchev–Trinajstić information content (AvgIpc) is 2.98. The van der Waals surface area contributed by atoms with Gasteiger partial charge in [-0.1, -0.05) is 30.3 Å². The second-order valence-electron chi connectivity index (χ2n) is 5.98. The normalized spacial score (nSPS) is 19.6. The van der Waals surface area contributed by atoms with Crippen LogP contribution in [-0.2, 0) is 16.1 Å². The molecule has 0 fully saturated rings. The molecule has 3 rings (SSSR count). The van der Waals surface area contributed by atoms with Crippen molar-refractivity contribution in [2.24, 2.45) is 4.99 Å². The molecule has 0 amide bonds. The van der Waals surface area contributed by atoms with Crippen molar-refractivity contribution in [2.75, 3.05) is 13.2 Å². The molecule has 2 aromatic carbocycles. The monoisotopic (exact) mass is 326 g/mol. The molecule has 2 aromatic rings. The van der Waals surface area contributed by atoms with E-state index in [1.807, 2.05) is 37.3 Å². The fourth-order valence-electron chi connectivity index (χ4n) is 2.44. The van der Waals surface area contributed by atoms with Crippen LogP contribution in [0.2, 0.25) is 0 Å². The van der Waals surface area contributed by atoms with Crippen molar-refractivity contribution in [1.29, 1.82) is 0 Å². The van der Waals surface area contributed by atoms with Crippen LogP contribution in [0, 0.1) is 10.1 Å². The first-order valence-electron chi connectivity index (χ1n) is 7.65. The first-order chi connectivity index (χ1) is 11.6.